The Hall–Kier alpha value is -2.44. The lowest BCUT2D eigenvalue weighted by Crippen LogP contribution is -2.25. The summed E-state index contributed by atoms with van der Waals surface area (Å²) in [5, 5.41) is 0. The van der Waals surface area contributed by atoms with E-state index in [9.17, 15) is 9.59 Å². The van der Waals surface area contributed by atoms with E-state index >= 15 is 0 Å². The lowest BCUT2D eigenvalue weighted by atomic mass is 10.3. The Morgan fingerprint density at radius 1 is 1.31 bits per heavy atom. The second-order valence-electron chi connectivity index (χ2n) is 2.74. The molecule has 0 aliphatic carbocycles. The van der Waals surface area contributed by atoms with Crippen LogP contribution in [-0.2, 0) is 9.53 Å². The maximum atomic E-state index is 11.3. The van der Waals surface area contributed by atoms with Gasteiger partial charge in [-0.05, 0) is 12.1 Å². The number of rotatable bonds is 3. The Balaban J connectivity index is 2.53. The van der Waals surface area contributed by atoms with Crippen LogP contribution in [0.25, 0.3) is 0 Å². The molecule has 1 rings (SSSR count). The molecule has 4 N–H and O–H groups in total. The number of hydrogen-bond acceptors (Lipinski definition) is 5. The summed E-state index contributed by atoms with van der Waals surface area (Å²) in [4.78, 5) is 29.5. The Morgan fingerprint density at radius 2 is 1.94 bits per heavy atom. The number of aromatic nitrogens is 1. The Morgan fingerprint density at radius 3 is 2.50 bits per heavy atom. The normalized spacial score (nSPS) is 9.25. The largest absolute Gasteiger partial charge is 0.388 e. The summed E-state index contributed by atoms with van der Waals surface area (Å²) in [6.07, 6.45) is 2.83. The third-order valence-corrected chi connectivity index (χ3v) is 1.51. The predicted octanol–water partition coefficient (Wildman–Crippen LogP) is -0.962. The summed E-state index contributed by atoms with van der Waals surface area (Å²) >= 11 is 0. The van der Waals surface area contributed by atoms with Crippen molar-refractivity contribution in [3.8, 4) is 0 Å². The fourth-order valence-corrected chi connectivity index (χ4v) is 0.838. The SMILES string of the molecule is NC(N)=NCC(=O)OC(=O)c1ccncc1. The van der Waals surface area contributed by atoms with Gasteiger partial charge in [-0.15, -0.1) is 0 Å². The second-order valence-corrected chi connectivity index (χ2v) is 2.74. The van der Waals surface area contributed by atoms with Gasteiger partial charge < -0.3 is 16.2 Å². The van der Waals surface area contributed by atoms with Gasteiger partial charge in [0.15, 0.2) is 5.96 Å². The summed E-state index contributed by atoms with van der Waals surface area (Å²) in [5.74, 6) is -1.83. The van der Waals surface area contributed by atoms with Crippen LogP contribution < -0.4 is 11.5 Å². The molecule has 0 amide bonds. The van der Waals surface area contributed by atoms with E-state index in [-0.39, 0.29) is 18.1 Å². The Labute approximate surface area is 91.1 Å². The third kappa shape index (κ3) is 3.74. The van der Waals surface area contributed by atoms with Crippen LogP contribution in [0.2, 0.25) is 0 Å². The molecule has 0 aliphatic heterocycles. The maximum absolute atomic E-state index is 11.3. The van der Waals surface area contributed by atoms with E-state index in [1.165, 1.54) is 24.5 Å². The van der Waals surface area contributed by atoms with Crippen LogP contribution in [-0.4, -0.2) is 29.4 Å². The minimum absolute atomic E-state index is 0.230. The summed E-state index contributed by atoms with van der Waals surface area (Å²) < 4.78 is 4.46. The van der Waals surface area contributed by atoms with Crippen molar-refractivity contribution < 1.29 is 14.3 Å². The first-order chi connectivity index (χ1) is 7.59. The number of ether oxygens (including phenoxy) is 1. The van der Waals surface area contributed by atoms with Crippen molar-refractivity contribution in [2.45, 2.75) is 0 Å². The molecular formula is C9H10N4O3. The van der Waals surface area contributed by atoms with E-state index in [0.717, 1.165) is 0 Å². The monoisotopic (exact) mass is 222 g/mol. The first-order valence-corrected chi connectivity index (χ1v) is 4.30. The lowest BCUT2D eigenvalue weighted by molar-refractivity contribution is -0.136. The topological polar surface area (TPSA) is 121 Å². The number of nitrogens with zero attached hydrogens (tertiary/aromatic N) is 2. The molecule has 16 heavy (non-hydrogen) atoms. The molecule has 0 saturated carbocycles. The molecule has 84 valence electrons. The van der Waals surface area contributed by atoms with Crippen molar-refractivity contribution in [3.63, 3.8) is 0 Å². The fourth-order valence-electron chi connectivity index (χ4n) is 0.838. The molecule has 0 aromatic carbocycles. The van der Waals surface area contributed by atoms with Crippen molar-refractivity contribution in [2.24, 2.45) is 16.5 Å². The van der Waals surface area contributed by atoms with E-state index < -0.39 is 11.9 Å². The van der Waals surface area contributed by atoms with E-state index in [1.807, 2.05) is 0 Å². The van der Waals surface area contributed by atoms with Crippen LogP contribution in [0.3, 0.4) is 0 Å². The van der Waals surface area contributed by atoms with E-state index in [2.05, 4.69) is 14.7 Å². The molecule has 0 spiro atoms. The number of nitrogens with two attached hydrogens (primary N) is 2. The zero-order chi connectivity index (χ0) is 12.0. The Kier molecular flexibility index (Phi) is 3.96. The first-order valence-electron chi connectivity index (χ1n) is 4.30. The molecule has 1 heterocycles. The smallest absolute Gasteiger partial charge is 0.345 e. The number of carbonyl (C=O) groups excluding carboxylic acids is 2. The van der Waals surface area contributed by atoms with Crippen LogP contribution in [0.1, 0.15) is 10.4 Å². The molecule has 0 fully saturated rings. The van der Waals surface area contributed by atoms with Gasteiger partial charge in [0.2, 0.25) is 0 Å². The van der Waals surface area contributed by atoms with Crippen LogP contribution in [0, 0.1) is 0 Å². The zero-order valence-corrected chi connectivity index (χ0v) is 8.29. The standard InChI is InChI=1S/C9H10N4O3/c10-9(11)13-5-7(14)16-8(15)6-1-3-12-4-2-6/h1-4H,5H2,(H4,10,11,13). The van der Waals surface area contributed by atoms with Crippen molar-refractivity contribution >= 4 is 17.9 Å². The van der Waals surface area contributed by atoms with Gasteiger partial charge in [0.25, 0.3) is 0 Å². The fraction of sp³-hybridized carbons (Fsp3) is 0.111. The van der Waals surface area contributed by atoms with E-state index in [0.29, 0.717) is 0 Å². The quantitative estimate of drug-likeness (QED) is 0.294. The molecular weight excluding hydrogens is 212 g/mol. The van der Waals surface area contributed by atoms with Crippen LogP contribution in [0.5, 0.6) is 0 Å². The first kappa shape index (κ1) is 11.6. The molecule has 0 bridgehead atoms. The van der Waals surface area contributed by atoms with Gasteiger partial charge in [0.1, 0.15) is 6.54 Å². The van der Waals surface area contributed by atoms with Crippen LogP contribution in [0.4, 0.5) is 0 Å². The number of esters is 2. The van der Waals surface area contributed by atoms with E-state index in [4.69, 9.17) is 11.5 Å². The second kappa shape index (κ2) is 5.44. The van der Waals surface area contributed by atoms with Crippen molar-refractivity contribution in [1.82, 2.24) is 4.98 Å². The highest BCUT2D eigenvalue weighted by Gasteiger charge is 2.11. The molecule has 1 aromatic rings. The summed E-state index contributed by atoms with van der Waals surface area (Å²) in [5.41, 5.74) is 10.2. The zero-order valence-electron chi connectivity index (χ0n) is 8.29. The van der Waals surface area contributed by atoms with Gasteiger partial charge in [0, 0.05) is 12.4 Å². The van der Waals surface area contributed by atoms with Crippen molar-refractivity contribution in [2.75, 3.05) is 6.54 Å². The van der Waals surface area contributed by atoms with E-state index in [1.54, 1.807) is 0 Å². The molecule has 0 saturated heterocycles. The highest BCUT2D eigenvalue weighted by atomic mass is 16.6. The number of hydrogen-bond donors (Lipinski definition) is 2. The molecule has 1 aromatic heterocycles. The molecule has 7 nitrogen and oxygen atoms in total. The van der Waals surface area contributed by atoms with Gasteiger partial charge in [-0.2, -0.15) is 0 Å². The number of guanidine groups is 1. The number of aliphatic imine (C=N–C) groups is 1. The summed E-state index contributed by atoms with van der Waals surface area (Å²) in [6.45, 7) is -0.390. The lowest BCUT2D eigenvalue weighted by Gasteiger charge is -2.00. The van der Waals surface area contributed by atoms with Crippen LogP contribution >= 0.6 is 0 Å². The maximum Gasteiger partial charge on any atom is 0.345 e. The average molecular weight is 222 g/mol. The third-order valence-electron chi connectivity index (χ3n) is 1.51. The van der Waals surface area contributed by atoms with Gasteiger partial charge >= 0.3 is 11.9 Å². The highest BCUT2D eigenvalue weighted by Crippen LogP contribution is 1.99. The van der Waals surface area contributed by atoms with Gasteiger partial charge in [-0.3, -0.25) is 4.98 Å². The number of pyridine rings is 1. The minimum atomic E-state index is -0.824. The van der Waals surface area contributed by atoms with Crippen molar-refractivity contribution in [3.05, 3.63) is 30.1 Å². The molecule has 7 heteroatoms. The predicted molar refractivity (Wildman–Crippen MR) is 55.3 cm³/mol. The summed E-state index contributed by atoms with van der Waals surface area (Å²) in [7, 11) is 0. The minimum Gasteiger partial charge on any atom is -0.388 e. The highest BCUT2D eigenvalue weighted by molar-refractivity contribution is 5.97. The summed E-state index contributed by atoms with van der Waals surface area (Å²) in [6, 6.07) is 2.85. The van der Waals surface area contributed by atoms with Crippen LogP contribution in [0.15, 0.2) is 29.5 Å². The molecule has 0 aliphatic rings. The van der Waals surface area contributed by atoms with Gasteiger partial charge in [0.05, 0.1) is 5.56 Å². The molecule has 0 unspecified atom stereocenters. The molecule has 0 atom stereocenters. The van der Waals surface area contributed by atoms with Gasteiger partial charge in [-0.1, -0.05) is 0 Å². The molecule has 0 radical (unpaired) electrons. The Bertz CT molecular complexity index is 412. The number of carbonyl (C=O) groups is 2. The van der Waals surface area contributed by atoms with Gasteiger partial charge in [-0.25, -0.2) is 14.6 Å². The average Bonchev–Trinajstić information content (AvgIpc) is 2.27. The van der Waals surface area contributed by atoms with Crippen molar-refractivity contribution in [1.29, 1.82) is 0 Å².